The molecule has 26 heavy (non-hydrogen) atoms. The Kier molecular flexibility index (Phi) is 5.86. The molecule has 0 aromatic heterocycles. The highest BCUT2D eigenvalue weighted by Crippen LogP contribution is 2.29. The summed E-state index contributed by atoms with van der Waals surface area (Å²) in [5, 5.41) is 7.48. The second kappa shape index (κ2) is 7.90. The van der Waals surface area contributed by atoms with Crippen molar-refractivity contribution in [2.75, 3.05) is 17.2 Å². The van der Waals surface area contributed by atoms with Gasteiger partial charge in [0.15, 0.2) is 0 Å². The van der Waals surface area contributed by atoms with Crippen LogP contribution in [0.1, 0.15) is 16.7 Å². The van der Waals surface area contributed by atoms with Gasteiger partial charge in [0.1, 0.15) is 0 Å². The number of hydrogen-bond acceptors (Lipinski definition) is 2. The summed E-state index contributed by atoms with van der Waals surface area (Å²) in [6, 6.07) is 9.05. The maximum Gasteiger partial charge on any atom is 0.416 e. The summed E-state index contributed by atoms with van der Waals surface area (Å²) in [6.07, 6.45) is -4.43. The van der Waals surface area contributed by atoms with E-state index in [0.717, 1.165) is 35.4 Å². The first-order valence-electron chi connectivity index (χ1n) is 7.75. The van der Waals surface area contributed by atoms with Gasteiger partial charge in [-0.2, -0.15) is 13.2 Å². The Morgan fingerprint density at radius 2 is 1.50 bits per heavy atom. The average Bonchev–Trinajstić information content (AvgIpc) is 2.56. The number of anilines is 2. The predicted molar refractivity (Wildman–Crippen MR) is 93.0 cm³/mol. The number of hydrogen-bond donors (Lipinski definition) is 3. The standard InChI is InChI=1S/C18H18F3N3O2/c1-11-4-3-5-12(2)16(11)24-17(26)22-10-15(25)23-14-8-6-13(7-9-14)18(19,20)21/h3-9H,10H2,1-2H3,(H,23,25)(H2,22,24,26). The fraction of sp³-hybridized carbons (Fsp3) is 0.222. The number of rotatable bonds is 4. The number of carbonyl (C=O) groups excluding carboxylic acids is 2. The minimum atomic E-state index is -4.43. The van der Waals surface area contributed by atoms with Gasteiger partial charge < -0.3 is 16.0 Å². The number of carbonyl (C=O) groups is 2. The van der Waals surface area contributed by atoms with E-state index in [1.54, 1.807) is 0 Å². The van der Waals surface area contributed by atoms with Crippen molar-refractivity contribution < 1.29 is 22.8 Å². The summed E-state index contributed by atoms with van der Waals surface area (Å²) in [5.41, 5.74) is 1.83. The second-order valence-corrected chi connectivity index (χ2v) is 5.70. The summed E-state index contributed by atoms with van der Waals surface area (Å²) in [6.45, 7) is 3.37. The zero-order chi connectivity index (χ0) is 19.3. The van der Waals surface area contributed by atoms with Crippen molar-refractivity contribution in [3.63, 3.8) is 0 Å². The summed E-state index contributed by atoms with van der Waals surface area (Å²) >= 11 is 0. The molecule has 0 bridgehead atoms. The maximum absolute atomic E-state index is 12.5. The highest BCUT2D eigenvalue weighted by atomic mass is 19.4. The zero-order valence-corrected chi connectivity index (χ0v) is 14.2. The summed E-state index contributed by atoms with van der Waals surface area (Å²) in [7, 11) is 0. The van der Waals surface area contributed by atoms with E-state index in [9.17, 15) is 22.8 Å². The Bertz CT molecular complexity index is 782. The van der Waals surface area contributed by atoms with Gasteiger partial charge in [0.05, 0.1) is 12.1 Å². The molecule has 0 saturated heterocycles. The highest BCUT2D eigenvalue weighted by Gasteiger charge is 2.29. The van der Waals surface area contributed by atoms with Crippen LogP contribution in [0, 0.1) is 13.8 Å². The lowest BCUT2D eigenvalue weighted by Gasteiger charge is -2.12. The number of nitrogens with one attached hydrogen (secondary N) is 3. The van der Waals surface area contributed by atoms with Gasteiger partial charge in [0.2, 0.25) is 5.91 Å². The van der Waals surface area contributed by atoms with Gasteiger partial charge in [-0.25, -0.2) is 4.79 Å². The molecule has 138 valence electrons. The van der Waals surface area contributed by atoms with Gasteiger partial charge in [-0.3, -0.25) is 4.79 Å². The van der Waals surface area contributed by atoms with Crippen molar-refractivity contribution in [1.29, 1.82) is 0 Å². The Morgan fingerprint density at radius 3 is 2.04 bits per heavy atom. The lowest BCUT2D eigenvalue weighted by atomic mass is 10.1. The molecule has 3 N–H and O–H groups in total. The minimum Gasteiger partial charge on any atom is -0.329 e. The van der Waals surface area contributed by atoms with Crippen molar-refractivity contribution >= 4 is 23.3 Å². The average molecular weight is 365 g/mol. The third kappa shape index (κ3) is 5.23. The Labute approximate surface area is 148 Å². The third-order valence-corrected chi connectivity index (χ3v) is 3.63. The van der Waals surface area contributed by atoms with Gasteiger partial charge in [-0.15, -0.1) is 0 Å². The topological polar surface area (TPSA) is 70.2 Å². The Hall–Kier alpha value is -3.03. The van der Waals surface area contributed by atoms with E-state index in [0.29, 0.717) is 5.69 Å². The molecule has 0 fully saturated rings. The first-order chi connectivity index (χ1) is 12.2. The van der Waals surface area contributed by atoms with Crippen LogP contribution < -0.4 is 16.0 Å². The van der Waals surface area contributed by atoms with E-state index in [1.807, 2.05) is 32.0 Å². The molecule has 0 aliphatic heterocycles. The number of alkyl halides is 3. The fourth-order valence-corrected chi connectivity index (χ4v) is 2.28. The zero-order valence-electron chi connectivity index (χ0n) is 14.2. The van der Waals surface area contributed by atoms with Crippen LogP contribution in [0.15, 0.2) is 42.5 Å². The smallest absolute Gasteiger partial charge is 0.329 e. The molecule has 0 aliphatic rings. The van der Waals surface area contributed by atoms with Gasteiger partial charge in [0.25, 0.3) is 0 Å². The van der Waals surface area contributed by atoms with Crippen molar-refractivity contribution in [3.05, 3.63) is 59.2 Å². The molecule has 0 heterocycles. The lowest BCUT2D eigenvalue weighted by Crippen LogP contribution is -2.36. The van der Waals surface area contributed by atoms with Crippen LogP contribution in [0.5, 0.6) is 0 Å². The van der Waals surface area contributed by atoms with E-state index >= 15 is 0 Å². The quantitative estimate of drug-likeness (QED) is 0.764. The maximum atomic E-state index is 12.5. The number of benzene rings is 2. The van der Waals surface area contributed by atoms with Crippen LogP contribution in [0.2, 0.25) is 0 Å². The fourth-order valence-electron chi connectivity index (χ4n) is 2.28. The van der Waals surface area contributed by atoms with Gasteiger partial charge in [0, 0.05) is 11.4 Å². The molecule has 2 aromatic carbocycles. The molecule has 0 unspecified atom stereocenters. The van der Waals surface area contributed by atoms with Crippen molar-refractivity contribution in [1.82, 2.24) is 5.32 Å². The molecule has 2 aromatic rings. The summed E-state index contributed by atoms with van der Waals surface area (Å²) in [4.78, 5) is 23.7. The number of halogens is 3. The third-order valence-electron chi connectivity index (χ3n) is 3.63. The molecule has 0 atom stereocenters. The van der Waals surface area contributed by atoms with Crippen LogP contribution in [0.3, 0.4) is 0 Å². The van der Waals surface area contributed by atoms with Crippen LogP contribution >= 0.6 is 0 Å². The van der Waals surface area contributed by atoms with Gasteiger partial charge >= 0.3 is 12.2 Å². The van der Waals surface area contributed by atoms with Crippen LogP contribution in [0.4, 0.5) is 29.3 Å². The van der Waals surface area contributed by atoms with Gasteiger partial charge in [-0.1, -0.05) is 18.2 Å². The molecule has 0 radical (unpaired) electrons. The first-order valence-corrected chi connectivity index (χ1v) is 7.75. The van der Waals surface area contributed by atoms with E-state index < -0.39 is 23.7 Å². The highest BCUT2D eigenvalue weighted by molar-refractivity contribution is 5.97. The van der Waals surface area contributed by atoms with Gasteiger partial charge in [-0.05, 0) is 49.2 Å². The van der Waals surface area contributed by atoms with Crippen molar-refractivity contribution in [3.8, 4) is 0 Å². The van der Waals surface area contributed by atoms with Crippen LogP contribution in [-0.2, 0) is 11.0 Å². The summed E-state index contributed by atoms with van der Waals surface area (Å²) in [5.74, 6) is -0.554. The lowest BCUT2D eigenvalue weighted by molar-refractivity contribution is -0.137. The molecule has 0 aliphatic carbocycles. The SMILES string of the molecule is Cc1cccc(C)c1NC(=O)NCC(=O)Nc1ccc(C(F)(F)F)cc1. The monoisotopic (exact) mass is 365 g/mol. The van der Waals surface area contributed by atoms with E-state index in [1.165, 1.54) is 0 Å². The number of urea groups is 1. The molecule has 8 heteroatoms. The molecular weight excluding hydrogens is 347 g/mol. The van der Waals surface area contributed by atoms with Crippen molar-refractivity contribution in [2.24, 2.45) is 0 Å². The molecule has 0 spiro atoms. The van der Waals surface area contributed by atoms with Crippen molar-refractivity contribution in [2.45, 2.75) is 20.0 Å². The molecule has 0 saturated carbocycles. The predicted octanol–water partition coefficient (Wildman–Crippen LogP) is 4.08. The number of amides is 3. The molecular formula is C18H18F3N3O2. The first kappa shape index (κ1) is 19.3. The largest absolute Gasteiger partial charge is 0.416 e. The van der Waals surface area contributed by atoms with E-state index in [4.69, 9.17) is 0 Å². The van der Waals surface area contributed by atoms with Crippen LogP contribution in [-0.4, -0.2) is 18.5 Å². The summed E-state index contributed by atoms with van der Waals surface area (Å²) < 4.78 is 37.5. The molecule has 3 amide bonds. The number of aryl methyl sites for hydroxylation is 2. The Balaban J connectivity index is 1.86. The van der Waals surface area contributed by atoms with Crippen LogP contribution in [0.25, 0.3) is 0 Å². The Morgan fingerprint density at radius 1 is 0.923 bits per heavy atom. The second-order valence-electron chi connectivity index (χ2n) is 5.70. The normalized spacial score (nSPS) is 11.0. The van der Waals surface area contributed by atoms with E-state index in [-0.39, 0.29) is 12.2 Å². The number of para-hydroxylation sites is 1. The minimum absolute atomic E-state index is 0.208. The van der Waals surface area contributed by atoms with E-state index in [2.05, 4.69) is 16.0 Å². The molecule has 2 rings (SSSR count). The molecule has 5 nitrogen and oxygen atoms in total.